The zero-order valence-electron chi connectivity index (χ0n) is 12.1. The minimum absolute atomic E-state index is 0.0843. The molecule has 1 aliphatic rings. The summed E-state index contributed by atoms with van der Waals surface area (Å²) in [6.45, 7) is 0. The van der Waals surface area contributed by atoms with Crippen LogP contribution in [-0.2, 0) is 12.8 Å². The van der Waals surface area contributed by atoms with Crippen LogP contribution in [0.4, 0.5) is 8.78 Å². The van der Waals surface area contributed by atoms with Crippen LogP contribution >= 0.6 is 0 Å². The molecule has 3 heteroatoms. The Hall–Kier alpha value is -1.74. The van der Waals surface area contributed by atoms with E-state index in [1.807, 2.05) is 13.1 Å². The van der Waals surface area contributed by atoms with Gasteiger partial charge in [0, 0.05) is 17.7 Å². The van der Waals surface area contributed by atoms with E-state index in [0.717, 1.165) is 25.3 Å². The Kier molecular flexibility index (Phi) is 4.02. The third-order valence-electron chi connectivity index (χ3n) is 4.46. The maximum atomic E-state index is 14.1. The van der Waals surface area contributed by atoms with Gasteiger partial charge < -0.3 is 5.32 Å². The third-order valence-corrected chi connectivity index (χ3v) is 4.46. The lowest BCUT2D eigenvalue weighted by Gasteiger charge is -2.32. The van der Waals surface area contributed by atoms with E-state index in [9.17, 15) is 8.78 Å². The quantitative estimate of drug-likeness (QED) is 0.898. The van der Waals surface area contributed by atoms with Gasteiger partial charge in [-0.15, -0.1) is 0 Å². The first kappa shape index (κ1) is 14.2. The first-order valence-electron chi connectivity index (χ1n) is 7.38. The third kappa shape index (κ3) is 2.84. The zero-order chi connectivity index (χ0) is 14.8. The van der Waals surface area contributed by atoms with Gasteiger partial charge in [-0.05, 0) is 49.4 Å². The first-order valence-corrected chi connectivity index (χ1v) is 7.38. The molecule has 0 heterocycles. The lowest BCUT2D eigenvalue weighted by Crippen LogP contribution is -2.30. The molecule has 110 valence electrons. The summed E-state index contributed by atoms with van der Waals surface area (Å²) < 4.78 is 27.2. The van der Waals surface area contributed by atoms with Crippen molar-refractivity contribution in [2.75, 3.05) is 7.05 Å². The molecule has 1 nitrogen and oxygen atoms in total. The van der Waals surface area contributed by atoms with Crippen LogP contribution in [0.1, 0.15) is 29.2 Å². The van der Waals surface area contributed by atoms with Crippen molar-refractivity contribution in [3.8, 4) is 0 Å². The molecule has 0 saturated carbocycles. The molecule has 0 radical (unpaired) electrons. The monoisotopic (exact) mass is 287 g/mol. The Morgan fingerprint density at radius 1 is 1.10 bits per heavy atom. The molecule has 1 aliphatic carbocycles. The number of benzene rings is 2. The van der Waals surface area contributed by atoms with Crippen molar-refractivity contribution in [1.82, 2.24) is 5.32 Å². The summed E-state index contributed by atoms with van der Waals surface area (Å²) in [5.41, 5.74) is 3.29. The van der Waals surface area contributed by atoms with Gasteiger partial charge in [0.2, 0.25) is 0 Å². The SMILES string of the molecule is CNC(c1ccc(F)cc1F)C1CCc2ccccc2C1. The summed E-state index contributed by atoms with van der Waals surface area (Å²) in [7, 11) is 1.84. The molecular weight excluding hydrogens is 268 g/mol. The summed E-state index contributed by atoms with van der Waals surface area (Å²) in [4.78, 5) is 0. The summed E-state index contributed by atoms with van der Waals surface area (Å²) in [5, 5.41) is 3.22. The number of halogens is 2. The van der Waals surface area contributed by atoms with Crippen LogP contribution in [0.3, 0.4) is 0 Å². The molecule has 21 heavy (non-hydrogen) atoms. The van der Waals surface area contributed by atoms with E-state index in [1.54, 1.807) is 6.07 Å². The highest BCUT2D eigenvalue weighted by molar-refractivity contribution is 5.31. The highest BCUT2D eigenvalue weighted by Crippen LogP contribution is 2.35. The van der Waals surface area contributed by atoms with Crippen LogP contribution in [0.5, 0.6) is 0 Å². The normalized spacial score (nSPS) is 19.1. The maximum Gasteiger partial charge on any atom is 0.130 e. The highest BCUT2D eigenvalue weighted by Gasteiger charge is 2.28. The highest BCUT2D eigenvalue weighted by atomic mass is 19.1. The molecule has 0 aromatic heterocycles. The second-order valence-corrected chi connectivity index (χ2v) is 5.70. The average molecular weight is 287 g/mol. The Morgan fingerprint density at radius 3 is 2.57 bits per heavy atom. The molecule has 0 bridgehead atoms. The van der Waals surface area contributed by atoms with E-state index in [4.69, 9.17) is 0 Å². The van der Waals surface area contributed by atoms with Crippen LogP contribution in [-0.4, -0.2) is 7.05 Å². The molecule has 2 aromatic carbocycles. The molecule has 0 amide bonds. The molecule has 3 rings (SSSR count). The van der Waals surface area contributed by atoms with Gasteiger partial charge in [0.25, 0.3) is 0 Å². The number of nitrogens with one attached hydrogen (secondary N) is 1. The van der Waals surface area contributed by atoms with Gasteiger partial charge in [-0.2, -0.15) is 0 Å². The standard InChI is InChI=1S/C18H19F2N/c1-21-18(16-9-8-15(19)11-17(16)20)14-7-6-12-4-2-3-5-13(12)10-14/h2-5,8-9,11,14,18,21H,6-7,10H2,1H3. The number of fused-ring (bicyclic) bond motifs is 1. The Morgan fingerprint density at radius 2 is 1.86 bits per heavy atom. The van der Waals surface area contributed by atoms with Gasteiger partial charge in [0.1, 0.15) is 11.6 Å². The van der Waals surface area contributed by atoms with E-state index in [-0.39, 0.29) is 6.04 Å². The Balaban J connectivity index is 1.88. The van der Waals surface area contributed by atoms with Gasteiger partial charge in [-0.25, -0.2) is 8.78 Å². The van der Waals surface area contributed by atoms with Crippen LogP contribution in [0.2, 0.25) is 0 Å². The van der Waals surface area contributed by atoms with Crippen LogP contribution in [0.25, 0.3) is 0 Å². The van der Waals surface area contributed by atoms with Gasteiger partial charge in [-0.3, -0.25) is 0 Å². The summed E-state index contributed by atoms with van der Waals surface area (Å²) in [6, 6.07) is 12.2. The zero-order valence-corrected chi connectivity index (χ0v) is 12.1. The van der Waals surface area contributed by atoms with E-state index in [1.165, 1.54) is 17.2 Å². The topological polar surface area (TPSA) is 12.0 Å². The second-order valence-electron chi connectivity index (χ2n) is 5.70. The average Bonchev–Trinajstić information content (AvgIpc) is 2.50. The van der Waals surface area contributed by atoms with Crippen molar-refractivity contribution >= 4 is 0 Å². The van der Waals surface area contributed by atoms with E-state index in [2.05, 4.69) is 23.5 Å². The van der Waals surface area contributed by atoms with E-state index in [0.29, 0.717) is 11.5 Å². The van der Waals surface area contributed by atoms with Crippen molar-refractivity contribution in [3.05, 3.63) is 70.8 Å². The predicted molar refractivity (Wildman–Crippen MR) is 80.1 cm³/mol. The summed E-state index contributed by atoms with van der Waals surface area (Å²) >= 11 is 0. The minimum Gasteiger partial charge on any atom is -0.313 e. The first-order chi connectivity index (χ1) is 10.2. The molecular formula is C18H19F2N. The summed E-state index contributed by atoms with van der Waals surface area (Å²) in [5.74, 6) is -0.668. The molecule has 0 spiro atoms. The maximum absolute atomic E-state index is 14.1. The van der Waals surface area contributed by atoms with Gasteiger partial charge in [0.15, 0.2) is 0 Å². The van der Waals surface area contributed by atoms with Crippen molar-refractivity contribution < 1.29 is 8.78 Å². The number of aryl methyl sites for hydroxylation is 1. The molecule has 0 fully saturated rings. The van der Waals surface area contributed by atoms with Crippen molar-refractivity contribution in [2.24, 2.45) is 5.92 Å². The van der Waals surface area contributed by atoms with Crippen molar-refractivity contribution in [3.63, 3.8) is 0 Å². The number of hydrogen-bond acceptors (Lipinski definition) is 1. The van der Waals surface area contributed by atoms with Crippen LogP contribution in [0.15, 0.2) is 42.5 Å². The predicted octanol–water partition coefficient (Wildman–Crippen LogP) is 4.03. The van der Waals surface area contributed by atoms with Crippen molar-refractivity contribution in [2.45, 2.75) is 25.3 Å². The van der Waals surface area contributed by atoms with Crippen LogP contribution < -0.4 is 5.32 Å². The minimum atomic E-state index is -0.528. The molecule has 0 aliphatic heterocycles. The Labute approximate surface area is 124 Å². The van der Waals surface area contributed by atoms with Crippen molar-refractivity contribution in [1.29, 1.82) is 0 Å². The fourth-order valence-corrected chi connectivity index (χ4v) is 3.41. The smallest absolute Gasteiger partial charge is 0.130 e. The molecule has 1 N–H and O–H groups in total. The summed E-state index contributed by atoms with van der Waals surface area (Å²) in [6.07, 6.45) is 2.96. The fraction of sp³-hybridized carbons (Fsp3) is 0.333. The molecule has 2 aromatic rings. The largest absolute Gasteiger partial charge is 0.313 e. The lowest BCUT2D eigenvalue weighted by atomic mass is 9.78. The molecule has 2 atom stereocenters. The number of hydrogen-bond donors (Lipinski definition) is 1. The molecule has 2 unspecified atom stereocenters. The van der Waals surface area contributed by atoms with Crippen LogP contribution in [0, 0.1) is 17.6 Å². The van der Waals surface area contributed by atoms with E-state index >= 15 is 0 Å². The second kappa shape index (κ2) is 5.94. The van der Waals surface area contributed by atoms with Gasteiger partial charge in [-0.1, -0.05) is 30.3 Å². The fourth-order valence-electron chi connectivity index (χ4n) is 3.41. The molecule has 0 saturated heterocycles. The Bertz CT molecular complexity index is 639. The number of rotatable bonds is 3. The lowest BCUT2D eigenvalue weighted by molar-refractivity contribution is 0.333. The van der Waals surface area contributed by atoms with Gasteiger partial charge in [0.05, 0.1) is 0 Å². The van der Waals surface area contributed by atoms with Gasteiger partial charge >= 0.3 is 0 Å². The van der Waals surface area contributed by atoms with E-state index < -0.39 is 11.6 Å².